The summed E-state index contributed by atoms with van der Waals surface area (Å²) in [5, 5.41) is 0. The Morgan fingerprint density at radius 1 is 1.86 bits per heavy atom. The van der Waals surface area contributed by atoms with Gasteiger partial charge in [0.1, 0.15) is 5.84 Å². The molecule has 0 bridgehead atoms. The van der Waals surface area contributed by atoms with Gasteiger partial charge in [0, 0.05) is 13.5 Å². The zero-order valence-corrected chi connectivity index (χ0v) is 4.73. The van der Waals surface area contributed by atoms with E-state index < -0.39 is 0 Å². The highest BCUT2D eigenvalue weighted by Gasteiger charge is 1.82. The first kappa shape index (κ1) is 6.43. The minimum atomic E-state index is 0.833. The van der Waals surface area contributed by atoms with Gasteiger partial charge in [-0.1, -0.05) is 6.92 Å². The lowest BCUT2D eigenvalue weighted by atomic mass is 10.4. The molecule has 7 heavy (non-hydrogen) atoms. The van der Waals surface area contributed by atoms with Crippen LogP contribution in [0, 0.1) is 0 Å². The molecule has 0 aromatic heterocycles. The van der Waals surface area contributed by atoms with Crippen molar-refractivity contribution in [3.63, 3.8) is 0 Å². The molecule has 0 aliphatic carbocycles. The zero-order valence-electron chi connectivity index (χ0n) is 4.73. The van der Waals surface area contributed by atoms with Gasteiger partial charge < -0.3 is 5.43 Å². The van der Waals surface area contributed by atoms with Gasteiger partial charge in [0.05, 0.1) is 0 Å². The predicted octanol–water partition coefficient (Wildman–Crippen LogP) is -0.112. The van der Waals surface area contributed by atoms with E-state index in [1.54, 1.807) is 7.05 Å². The van der Waals surface area contributed by atoms with E-state index in [2.05, 4.69) is 10.4 Å². The molecular weight excluding hydrogens is 90.1 g/mol. The van der Waals surface area contributed by atoms with E-state index >= 15 is 0 Å². The van der Waals surface area contributed by atoms with Crippen LogP contribution in [0.4, 0.5) is 0 Å². The average Bonchev–Trinajstić information content (AvgIpc) is 1.72. The number of nitrogens with one attached hydrogen (secondary N) is 1. The van der Waals surface area contributed by atoms with Crippen LogP contribution >= 0.6 is 0 Å². The molecule has 0 saturated carbocycles. The topological polar surface area (TPSA) is 50.4 Å². The van der Waals surface area contributed by atoms with E-state index in [0.29, 0.717) is 0 Å². The van der Waals surface area contributed by atoms with Crippen molar-refractivity contribution in [2.45, 2.75) is 13.3 Å². The SMILES string of the molecule is CC/C(=N/C)NN. The number of hydrogen-bond donors (Lipinski definition) is 2. The Bertz CT molecular complexity index is 61.3. The van der Waals surface area contributed by atoms with Crippen molar-refractivity contribution in [2.75, 3.05) is 7.05 Å². The Balaban J connectivity index is 3.38. The molecule has 3 N–H and O–H groups in total. The summed E-state index contributed by atoms with van der Waals surface area (Å²) in [4.78, 5) is 3.81. The van der Waals surface area contributed by atoms with Crippen molar-refractivity contribution in [1.82, 2.24) is 5.43 Å². The predicted molar refractivity (Wildman–Crippen MR) is 31.0 cm³/mol. The van der Waals surface area contributed by atoms with E-state index in [1.807, 2.05) is 6.92 Å². The van der Waals surface area contributed by atoms with Crippen LogP contribution < -0.4 is 11.3 Å². The van der Waals surface area contributed by atoms with Crippen LogP contribution in [-0.4, -0.2) is 12.9 Å². The second-order valence-corrected chi connectivity index (χ2v) is 1.17. The molecule has 0 atom stereocenters. The average molecular weight is 101 g/mol. The van der Waals surface area contributed by atoms with Gasteiger partial charge in [-0.25, -0.2) is 5.84 Å². The number of amidine groups is 1. The number of nitrogens with zero attached hydrogens (tertiary/aromatic N) is 1. The molecule has 0 aromatic rings. The molecule has 3 nitrogen and oxygen atoms in total. The highest BCUT2D eigenvalue weighted by Crippen LogP contribution is 1.73. The normalized spacial score (nSPS) is 11.6. The third kappa shape index (κ3) is 2.17. The summed E-state index contributed by atoms with van der Waals surface area (Å²) < 4.78 is 0. The van der Waals surface area contributed by atoms with Gasteiger partial charge in [0.15, 0.2) is 0 Å². The van der Waals surface area contributed by atoms with Crippen molar-refractivity contribution >= 4 is 5.84 Å². The van der Waals surface area contributed by atoms with E-state index in [1.165, 1.54) is 0 Å². The Labute approximate surface area is 43.6 Å². The molecule has 42 valence electrons. The van der Waals surface area contributed by atoms with Gasteiger partial charge in [-0.15, -0.1) is 0 Å². The Morgan fingerprint density at radius 3 is 2.43 bits per heavy atom. The summed E-state index contributed by atoms with van der Waals surface area (Å²) in [6, 6.07) is 0. The first-order valence-electron chi connectivity index (χ1n) is 2.27. The number of hydrazine groups is 1. The van der Waals surface area contributed by atoms with Crippen LogP contribution in [-0.2, 0) is 0 Å². The van der Waals surface area contributed by atoms with E-state index in [4.69, 9.17) is 5.84 Å². The molecule has 0 heterocycles. The third-order valence-electron chi connectivity index (χ3n) is 0.771. The fourth-order valence-electron chi connectivity index (χ4n) is 0.325. The molecule has 0 radical (unpaired) electrons. The third-order valence-corrected chi connectivity index (χ3v) is 0.771. The number of hydrogen-bond acceptors (Lipinski definition) is 2. The summed E-state index contributed by atoms with van der Waals surface area (Å²) in [6.45, 7) is 1.99. The molecule has 0 fully saturated rings. The van der Waals surface area contributed by atoms with Gasteiger partial charge in [-0.05, 0) is 0 Å². The van der Waals surface area contributed by atoms with Crippen molar-refractivity contribution in [1.29, 1.82) is 0 Å². The van der Waals surface area contributed by atoms with E-state index in [-0.39, 0.29) is 0 Å². The second-order valence-electron chi connectivity index (χ2n) is 1.17. The van der Waals surface area contributed by atoms with Gasteiger partial charge in [-0.3, -0.25) is 4.99 Å². The molecule has 0 spiro atoms. The number of nitrogens with two attached hydrogens (primary N) is 1. The molecule has 0 amide bonds. The first-order chi connectivity index (χ1) is 3.35. The fraction of sp³-hybridized carbons (Fsp3) is 0.750. The van der Waals surface area contributed by atoms with Crippen LogP contribution in [0.5, 0.6) is 0 Å². The minimum Gasteiger partial charge on any atom is -0.312 e. The standard InChI is InChI=1S/C4H11N3/c1-3-4(6-2)7-5/h3,5H2,1-2H3,(H,6,7). The maximum absolute atomic E-state index is 5.01. The van der Waals surface area contributed by atoms with Crippen LogP contribution in [0.2, 0.25) is 0 Å². The van der Waals surface area contributed by atoms with Crippen molar-refractivity contribution < 1.29 is 0 Å². The second kappa shape index (κ2) is 3.61. The molecular formula is C4H11N3. The van der Waals surface area contributed by atoms with Crippen LogP contribution in [0.3, 0.4) is 0 Å². The maximum Gasteiger partial charge on any atom is 0.110 e. The van der Waals surface area contributed by atoms with Gasteiger partial charge in [0.2, 0.25) is 0 Å². The van der Waals surface area contributed by atoms with Crippen molar-refractivity contribution in [3.8, 4) is 0 Å². The molecule has 0 aliphatic heterocycles. The number of aliphatic imine (C=N–C) groups is 1. The Hall–Kier alpha value is -0.570. The van der Waals surface area contributed by atoms with Gasteiger partial charge in [-0.2, -0.15) is 0 Å². The molecule has 3 heteroatoms. The highest BCUT2D eigenvalue weighted by molar-refractivity contribution is 5.80. The van der Waals surface area contributed by atoms with Crippen molar-refractivity contribution in [3.05, 3.63) is 0 Å². The largest absolute Gasteiger partial charge is 0.312 e. The maximum atomic E-state index is 5.01. The Kier molecular flexibility index (Phi) is 3.32. The number of rotatable bonds is 1. The molecule has 0 saturated heterocycles. The summed E-state index contributed by atoms with van der Waals surface area (Å²) in [5.74, 6) is 5.85. The molecule has 0 aromatic carbocycles. The minimum absolute atomic E-state index is 0.833. The molecule has 0 rings (SSSR count). The van der Waals surface area contributed by atoms with Gasteiger partial charge in [0.25, 0.3) is 0 Å². The summed E-state index contributed by atoms with van der Waals surface area (Å²) in [6.07, 6.45) is 0.868. The first-order valence-corrected chi connectivity index (χ1v) is 2.27. The van der Waals surface area contributed by atoms with Gasteiger partial charge >= 0.3 is 0 Å². The summed E-state index contributed by atoms with van der Waals surface area (Å²) in [7, 11) is 1.71. The van der Waals surface area contributed by atoms with Crippen LogP contribution in [0.1, 0.15) is 13.3 Å². The van der Waals surface area contributed by atoms with Crippen molar-refractivity contribution in [2.24, 2.45) is 10.8 Å². The molecule has 0 aliphatic rings. The van der Waals surface area contributed by atoms with E-state index in [9.17, 15) is 0 Å². The molecule has 0 unspecified atom stereocenters. The lowest BCUT2D eigenvalue weighted by molar-refractivity contribution is 0.972. The van der Waals surface area contributed by atoms with E-state index in [0.717, 1.165) is 12.3 Å². The summed E-state index contributed by atoms with van der Waals surface area (Å²) in [5.41, 5.74) is 2.45. The summed E-state index contributed by atoms with van der Waals surface area (Å²) >= 11 is 0. The quantitative estimate of drug-likeness (QED) is 0.209. The fourth-order valence-corrected chi connectivity index (χ4v) is 0.325. The zero-order chi connectivity index (χ0) is 5.70. The Morgan fingerprint density at radius 2 is 2.43 bits per heavy atom. The highest BCUT2D eigenvalue weighted by atomic mass is 15.2. The van der Waals surface area contributed by atoms with Crippen LogP contribution in [0.15, 0.2) is 4.99 Å². The lowest BCUT2D eigenvalue weighted by Gasteiger charge is -1.96. The lowest BCUT2D eigenvalue weighted by Crippen LogP contribution is -2.29. The van der Waals surface area contributed by atoms with Crippen LogP contribution in [0.25, 0.3) is 0 Å². The smallest absolute Gasteiger partial charge is 0.110 e. The monoisotopic (exact) mass is 101 g/mol.